The Morgan fingerprint density at radius 2 is 1.92 bits per heavy atom. The Hall–Kier alpha value is -3.22. The van der Waals surface area contributed by atoms with E-state index in [1.165, 1.54) is 37.7 Å². The zero-order valence-electron chi connectivity index (χ0n) is 23.5. The Bertz CT molecular complexity index is 1460. The highest BCUT2D eigenvalue weighted by atomic mass is 16.6. The molecule has 2 aliphatic carbocycles. The third-order valence-electron chi connectivity index (χ3n) is 9.22. The van der Waals surface area contributed by atoms with Crippen molar-refractivity contribution in [3.8, 4) is 0 Å². The maximum Gasteiger partial charge on any atom is 0.341 e. The van der Waals surface area contributed by atoms with Gasteiger partial charge >= 0.3 is 5.97 Å². The van der Waals surface area contributed by atoms with Crippen LogP contribution in [-0.4, -0.2) is 40.8 Å². The summed E-state index contributed by atoms with van der Waals surface area (Å²) in [5, 5.41) is 4.86. The molecular formula is C33H39N3O3. The Labute approximate surface area is 231 Å². The summed E-state index contributed by atoms with van der Waals surface area (Å²) in [4.78, 5) is 18.6. The van der Waals surface area contributed by atoms with Crippen molar-refractivity contribution >= 4 is 16.9 Å². The molecule has 3 aromatic rings. The Kier molecular flexibility index (Phi) is 6.72. The molecule has 3 aliphatic rings. The summed E-state index contributed by atoms with van der Waals surface area (Å²) in [5.41, 5.74) is 3.45. The zero-order chi connectivity index (χ0) is 27.2. The largest absolute Gasteiger partial charge is 0.441 e. The molecule has 0 bridgehead atoms. The molecule has 3 atom stereocenters. The van der Waals surface area contributed by atoms with Crippen molar-refractivity contribution < 1.29 is 14.3 Å². The maximum absolute atomic E-state index is 13.7. The van der Waals surface area contributed by atoms with Gasteiger partial charge in [0.25, 0.3) is 0 Å². The molecule has 0 saturated heterocycles. The van der Waals surface area contributed by atoms with Gasteiger partial charge in [-0.1, -0.05) is 62.6 Å². The topological polar surface area (TPSA) is 65.4 Å². The lowest BCUT2D eigenvalue weighted by atomic mass is 9.65. The van der Waals surface area contributed by atoms with Crippen LogP contribution in [0.3, 0.4) is 0 Å². The first-order valence-electron chi connectivity index (χ1n) is 14.5. The molecule has 1 N–H and O–H groups in total. The fourth-order valence-electron chi connectivity index (χ4n) is 7.57. The number of nitrogens with one attached hydrogen (secondary N) is 1. The molecule has 1 aromatic carbocycles. The number of allylic oxidation sites excluding steroid dienone is 2. The lowest BCUT2D eigenvalue weighted by Gasteiger charge is -2.50. The minimum absolute atomic E-state index is 0.353. The standard InChI is InChI=1S/C33H39N3O3/c1-5-35-32(19-18-24(21-28(32)38-4)23-13-8-7-9-14-23)33(30-26(31(37)39-33)16-12-20-34-30)29-22(3)36(6-2)27-17-11-10-15-25(27)29/h10-12,15-21,23,28,35H,5-9,13-14H2,1-4H3. The van der Waals surface area contributed by atoms with E-state index in [-0.39, 0.29) is 12.1 Å². The fourth-order valence-corrected chi connectivity index (χ4v) is 7.57. The first-order valence-corrected chi connectivity index (χ1v) is 14.5. The number of nitrogens with zero attached hydrogens (tertiary/aromatic N) is 2. The van der Waals surface area contributed by atoms with Crippen molar-refractivity contribution in [1.29, 1.82) is 0 Å². The van der Waals surface area contributed by atoms with E-state index in [0.717, 1.165) is 28.7 Å². The summed E-state index contributed by atoms with van der Waals surface area (Å²) < 4.78 is 15.4. The van der Waals surface area contributed by atoms with Crippen LogP contribution in [0.5, 0.6) is 0 Å². The van der Waals surface area contributed by atoms with E-state index in [4.69, 9.17) is 14.5 Å². The van der Waals surface area contributed by atoms with E-state index in [1.807, 2.05) is 12.1 Å². The molecule has 1 fully saturated rings. The second kappa shape index (κ2) is 10.1. The molecule has 2 aromatic heterocycles. The molecule has 204 valence electrons. The van der Waals surface area contributed by atoms with Crippen LogP contribution in [0.2, 0.25) is 0 Å². The number of carbonyl (C=O) groups is 1. The van der Waals surface area contributed by atoms with Crippen LogP contribution in [0.15, 0.2) is 66.4 Å². The van der Waals surface area contributed by atoms with Crippen LogP contribution in [0, 0.1) is 12.8 Å². The number of cyclic esters (lactones) is 1. The lowest BCUT2D eigenvalue weighted by Crippen LogP contribution is -2.68. The number of aromatic nitrogens is 2. The third-order valence-corrected chi connectivity index (χ3v) is 9.22. The second-order valence-electron chi connectivity index (χ2n) is 11.1. The van der Waals surface area contributed by atoms with Gasteiger partial charge in [-0.15, -0.1) is 0 Å². The minimum Gasteiger partial charge on any atom is -0.441 e. The molecule has 1 aliphatic heterocycles. The van der Waals surface area contributed by atoms with E-state index in [9.17, 15) is 4.79 Å². The summed E-state index contributed by atoms with van der Waals surface area (Å²) in [6, 6.07) is 12.0. The molecule has 0 amide bonds. The summed E-state index contributed by atoms with van der Waals surface area (Å²) in [5.74, 6) is 0.178. The van der Waals surface area contributed by atoms with E-state index in [1.54, 1.807) is 13.3 Å². The highest BCUT2D eigenvalue weighted by Gasteiger charge is 2.66. The predicted octanol–water partition coefficient (Wildman–Crippen LogP) is 6.22. The number of likely N-dealkylation sites (N-methyl/N-ethyl adjacent to an activating group) is 1. The Balaban J connectivity index is 1.67. The smallest absolute Gasteiger partial charge is 0.341 e. The number of rotatable bonds is 7. The molecule has 6 nitrogen and oxygen atoms in total. The molecule has 6 heteroatoms. The van der Waals surface area contributed by atoms with Gasteiger partial charge in [0.05, 0.1) is 5.56 Å². The van der Waals surface area contributed by atoms with Gasteiger partial charge < -0.3 is 19.4 Å². The van der Waals surface area contributed by atoms with Crippen LogP contribution in [0.25, 0.3) is 10.9 Å². The van der Waals surface area contributed by atoms with Gasteiger partial charge in [0, 0.05) is 42.0 Å². The number of pyridine rings is 1. The number of hydrogen-bond acceptors (Lipinski definition) is 5. The number of hydrogen-bond donors (Lipinski definition) is 1. The minimum atomic E-state index is -1.24. The Morgan fingerprint density at radius 1 is 1.13 bits per heavy atom. The molecule has 0 radical (unpaired) electrons. The van der Waals surface area contributed by atoms with Crippen molar-refractivity contribution in [3.05, 3.63) is 88.9 Å². The van der Waals surface area contributed by atoms with Crippen LogP contribution >= 0.6 is 0 Å². The van der Waals surface area contributed by atoms with Gasteiger partial charge in [0.2, 0.25) is 5.60 Å². The number of fused-ring (bicyclic) bond motifs is 2. The number of para-hydroxylation sites is 1. The zero-order valence-corrected chi connectivity index (χ0v) is 23.5. The fraction of sp³-hybridized carbons (Fsp3) is 0.455. The number of methoxy groups -OCH3 is 1. The van der Waals surface area contributed by atoms with Gasteiger partial charge in [0.1, 0.15) is 17.3 Å². The van der Waals surface area contributed by atoms with Crippen LogP contribution in [0.1, 0.15) is 73.3 Å². The number of benzene rings is 1. The van der Waals surface area contributed by atoms with Gasteiger partial charge in [-0.3, -0.25) is 4.98 Å². The first kappa shape index (κ1) is 26.0. The van der Waals surface area contributed by atoms with Crippen molar-refractivity contribution in [1.82, 2.24) is 14.9 Å². The maximum atomic E-state index is 13.7. The summed E-state index contributed by atoms with van der Waals surface area (Å²) in [7, 11) is 1.76. The summed E-state index contributed by atoms with van der Waals surface area (Å²) >= 11 is 0. The highest BCUT2D eigenvalue weighted by Crippen LogP contribution is 2.55. The van der Waals surface area contributed by atoms with Crippen molar-refractivity contribution in [2.24, 2.45) is 5.92 Å². The highest BCUT2D eigenvalue weighted by molar-refractivity contribution is 5.97. The van der Waals surface area contributed by atoms with Crippen molar-refractivity contribution in [2.45, 2.75) is 76.7 Å². The van der Waals surface area contributed by atoms with E-state index < -0.39 is 11.1 Å². The van der Waals surface area contributed by atoms with Gasteiger partial charge in [-0.25, -0.2) is 4.79 Å². The quantitative estimate of drug-likeness (QED) is 0.371. The van der Waals surface area contributed by atoms with E-state index in [0.29, 0.717) is 23.7 Å². The SMILES string of the molecule is CCNC1(C2(c3c(C)n(CC)c4ccccc34)OC(=O)c3cccnc32)C=CC(C2CCCCC2)=CC1OC. The second-order valence-corrected chi connectivity index (χ2v) is 11.1. The number of ether oxygens (including phenoxy) is 2. The Morgan fingerprint density at radius 3 is 2.67 bits per heavy atom. The monoisotopic (exact) mass is 525 g/mol. The van der Waals surface area contributed by atoms with Crippen LogP contribution in [-0.2, 0) is 21.6 Å². The average Bonchev–Trinajstić information content (AvgIpc) is 3.44. The predicted molar refractivity (Wildman–Crippen MR) is 154 cm³/mol. The van der Waals surface area contributed by atoms with Gasteiger partial charge in [-0.2, -0.15) is 0 Å². The molecule has 0 spiro atoms. The van der Waals surface area contributed by atoms with E-state index in [2.05, 4.69) is 73.1 Å². The van der Waals surface area contributed by atoms with Gasteiger partial charge in [0.15, 0.2) is 0 Å². The normalized spacial score (nSPS) is 27.0. The van der Waals surface area contributed by atoms with Crippen molar-refractivity contribution in [3.63, 3.8) is 0 Å². The van der Waals surface area contributed by atoms with E-state index >= 15 is 0 Å². The molecule has 3 unspecified atom stereocenters. The van der Waals surface area contributed by atoms with Gasteiger partial charge in [-0.05, 0) is 62.9 Å². The number of aryl methyl sites for hydroxylation is 1. The van der Waals surface area contributed by atoms with Crippen molar-refractivity contribution in [2.75, 3.05) is 13.7 Å². The van der Waals surface area contributed by atoms with Crippen LogP contribution in [0.4, 0.5) is 0 Å². The number of esters is 1. The average molecular weight is 526 g/mol. The molecule has 6 rings (SSSR count). The number of carbonyl (C=O) groups excluding carboxylic acids is 1. The van der Waals surface area contributed by atoms with Crippen LogP contribution < -0.4 is 5.32 Å². The molecular weight excluding hydrogens is 486 g/mol. The first-order chi connectivity index (χ1) is 19.0. The summed E-state index contributed by atoms with van der Waals surface area (Å²) in [6.07, 6.45) is 14.4. The third kappa shape index (κ3) is 3.68. The lowest BCUT2D eigenvalue weighted by molar-refractivity contribution is -0.0697. The molecule has 3 heterocycles. The summed E-state index contributed by atoms with van der Waals surface area (Å²) in [6.45, 7) is 7.83. The molecule has 39 heavy (non-hydrogen) atoms. The molecule has 1 saturated carbocycles.